The number of nitrogens with zero attached hydrogens (tertiary/aromatic N) is 1. The van der Waals surface area contributed by atoms with E-state index in [4.69, 9.17) is 26.7 Å². The molecular weight excluding hydrogens is 438 g/mol. The number of ether oxygens (including phenoxy) is 1. The Morgan fingerprint density at radius 3 is 2.67 bits per heavy atom. The number of carbonyl (C=O) groups excluding carboxylic acids is 2. The van der Waals surface area contributed by atoms with Gasteiger partial charge in [-0.25, -0.2) is 4.79 Å². The van der Waals surface area contributed by atoms with Gasteiger partial charge in [0.2, 0.25) is 5.91 Å². The summed E-state index contributed by atoms with van der Waals surface area (Å²) in [6.07, 6.45) is 0.213. The molecule has 0 aromatic heterocycles. The van der Waals surface area contributed by atoms with Crippen molar-refractivity contribution in [1.82, 2.24) is 10.2 Å². The number of amides is 2. The van der Waals surface area contributed by atoms with Gasteiger partial charge in [-0.3, -0.25) is 24.7 Å². The fourth-order valence-corrected chi connectivity index (χ4v) is 5.23. The summed E-state index contributed by atoms with van der Waals surface area (Å²) in [6, 6.07) is -1.08. The molecule has 1 unspecified atom stereocenters. The predicted molar refractivity (Wildman–Crippen MR) is 109 cm³/mol. The van der Waals surface area contributed by atoms with Crippen molar-refractivity contribution in [2.45, 2.75) is 36.4 Å². The molecule has 0 aliphatic carbocycles. The molecule has 12 nitrogen and oxygen atoms in total. The molecule has 2 amide bonds. The summed E-state index contributed by atoms with van der Waals surface area (Å²) in [7, 11) is 1.24. The Morgan fingerprint density at radius 2 is 2.13 bits per heavy atom. The van der Waals surface area contributed by atoms with E-state index in [1.54, 1.807) is 0 Å². The molecular formula is C16H23N5O7S2. The minimum absolute atomic E-state index is 0.0706. The molecule has 2 heterocycles. The minimum Gasteiger partial charge on any atom is -0.480 e. The summed E-state index contributed by atoms with van der Waals surface area (Å²) >= 11 is 2.18. The minimum atomic E-state index is -1.71. The van der Waals surface area contributed by atoms with E-state index < -0.39 is 40.9 Å². The standard InChI is InChI=1S/C16H23N5O7S2/c1-28-16(20-9(22)4-2-3-8(17)11(23)24)13(27)21-10(12(25)26)7(5-29-14(16)21)6-30-15(18)19/h8,14H,2-6,17H2,1H3,(H3,18,19)(H,20,22)(H,23,24)(H,25,26)/t8?,14-,16-/m0/s1. The van der Waals surface area contributed by atoms with Gasteiger partial charge in [0.15, 0.2) is 5.17 Å². The highest BCUT2D eigenvalue weighted by atomic mass is 32.2. The smallest absolute Gasteiger partial charge is 0.352 e. The molecule has 2 aliphatic heterocycles. The fraction of sp³-hybridized carbons (Fsp3) is 0.562. The van der Waals surface area contributed by atoms with Crippen LogP contribution in [0.1, 0.15) is 19.3 Å². The van der Waals surface area contributed by atoms with Crippen LogP contribution >= 0.6 is 23.5 Å². The maximum atomic E-state index is 12.9. The van der Waals surface area contributed by atoms with E-state index in [9.17, 15) is 24.3 Å². The molecule has 14 heteroatoms. The summed E-state index contributed by atoms with van der Waals surface area (Å²) in [4.78, 5) is 48.7. The van der Waals surface area contributed by atoms with Gasteiger partial charge in [0.05, 0.1) is 0 Å². The lowest BCUT2D eigenvalue weighted by molar-refractivity contribution is -0.192. The Hall–Kier alpha value is -2.29. The van der Waals surface area contributed by atoms with Gasteiger partial charge < -0.3 is 31.7 Å². The normalized spacial score (nSPS) is 24.0. The Kier molecular flexibility index (Phi) is 7.74. The summed E-state index contributed by atoms with van der Waals surface area (Å²) in [5.41, 5.74) is 9.24. The van der Waals surface area contributed by atoms with Crippen LogP contribution < -0.4 is 16.8 Å². The second kappa shape index (κ2) is 9.68. The fourth-order valence-electron chi connectivity index (χ4n) is 3.09. The van der Waals surface area contributed by atoms with Crippen LogP contribution in [0.25, 0.3) is 0 Å². The van der Waals surface area contributed by atoms with Crippen molar-refractivity contribution in [2.75, 3.05) is 18.6 Å². The van der Waals surface area contributed by atoms with Crippen LogP contribution in [0.3, 0.4) is 0 Å². The van der Waals surface area contributed by atoms with E-state index >= 15 is 0 Å². The van der Waals surface area contributed by atoms with Crippen LogP contribution in [0.4, 0.5) is 0 Å². The van der Waals surface area contributed by atoms with Crippen LogP contribution in [0.5, 0.6) is 0 Å². The van der Waals surface area contributed by atoms with Crippen molar-refractivity contribution >= 4 is 52.4 Å². The van der Waals surface area contributed by atoms with E-state index in [0.717, 1.165) is 16.7 Å². The molecule has 0 radical (unpaired) electrons. The Morgan fingerprint density at radius 1 is 1.47 bits per heavy atom. The first-order chi connectivity index (χ1) is 14.0. The van der Waals surface area contributed by atoms with Crippen LogP contribution in [-0.4, -0.2) is 79.8 Å². The van der Waals surface area contributed by atoms with Crippen molar-refractivity contribution in [1.29, 1.82) is 5.41 Å². The zero-order valence-corrected chi connectivity index (χ0v) is 17.7. The van der Waals surface area contributed by atoms with Gasteiger partial charge in [0.25, 0.3) is 11.6 Å². The Labute approximate surface area is 180 Å². The molecule has 1 fully saturated rings. The summed E-state index contributed by atoms with van der Waals surface area (Å²) in [5.74, 6) is -3.32. The molecule has 2 aliphatic rings. The molecule has 2 rings (SSSR count). The van der Waals surface area contributed by atoms with E-state index in [2.05, 4.69) is 5.32 Å². The highest BCUT2D eigenvalue weighted by Gasteiger charge is 2.66. The lowest BCUT2D eigenvalue weighted by Gasteiger charge is -2.55. The molecule has 0 aromatic rings. The number of hydrogen-bond donors (Lipinski definition) is 6. The van der Waals surface area contributed by atoms with Gasteiger partial charge in [0.1, 0.15) is 17.1 Å². The monoisotopic (exact) mass is 461 g/mol. The third-order valence-electron chi connectivity index (χ3n) is 4.60. The average molecular weight is 462 g/mol. The topological polar surface area (TPSA) is 209 Å². The van der Waals surface area contributed by atoms with E-state index in [-0.39, 0.29) is 41.6 Å². The van der Waals surface area contributed by atoms with Crippen molar-refractivity contribution in [2.24, 2.45) is 11.5 Å². The van der Waals surface area contributed by atoms with Crippen molar-refractivity contribution in [3.8, 4) is 0 Å². The zero-order valence-electron chi connectivity index (χ0n) is 16.0. The lowest BCUT2D eigenvalue weighted by Crippen LogP contribution is -2.80. The third-order valence-corrected chi connectivity index (χ3v) is 6.78. The number of β-lactam (4-membered cyclic amide) rings is 1. The molecule has 166 valence electrons. The molecule has 0 aromatic carbocycles. The molecule has 8 N–H and O–H groups in total. The van der Waals surface area contributed by atoms with Gasteiger partial charge in [-0.05, 0) is 18.4 Å². The van der Waals surface area contributed by atoms with Gasteiger partial charge in [-0.2, -0.15) is 0 Å². The maximum Gasteiger partial charge on any atom is 0.352 e. The number of nitrogens with one attached hydrogen (secondary N) is 2. The first-order valence-corrected chi connectivity index (χ1v) is 10.8. The molecule has 0 spiro atoms. The largest absolute Gasteiger partial charge is 0.480 e. The number of aliphatic carboxylic acids is 2. The number of fused-ring (bicyclic) bond motifs is 1. The van der Waals surface area contributed by atoms with Crippen molar-refractivity contribution < 1.29 is 34.1 Å². The SMILES string of the molecule is CO[C@@]1(NC(=O)CCCC(N)C(=O)O)C(=O)N2C(C(=O)O)=C(CSC(=N)N)CS[C@H]21. The first-order valence-electron chi connectivity index (χ1n) is 8.77. The van der Waals surface area contributed by atoms with E-state index in [1.807, 2.05) is 0 Å². The Bertz CT molecular complexity index is 805. The molecule has 30 heavy (non-hydrogen) atoms. The quantitative estimate of drug-likeness (QED) is 0.0995. The van der Waals surface area contributed by atoms with Crippen molar-refractivity contribution in [3.63, 3.8) is 0 Å². The van der Waals surface area contributed by atoms with Gasteiger partial charge in [-0.1, -0.05) is 11.8 Å². The molecule has 0 saturated carbocycles. The lowest BCUT2D eigenvalue weighted by atomic mass is 9.98. The maximum absolute atomic E-state index is 12.9. The number of carboxylic acids is 2. The molecule has 1 saturated heterocycles. The number of carboxylic acid groups (broad SMARTS) is 2. The predicted octanol–water partition coefficient (Wildman–Crippen LogP) is -1.09. The average Bonchev–Trinajstić information content (AvgIpc) is 2.68. The number of carbonyl (C=O) groups is 4. The summed E-state index contributed by atoms with van der Waals surface area (Å²) in [5, 5.41) is 27.2. The third kappa shape index (κ3) is 4.71. The van der Waals surface area contributed by atoms with E-state index in [1.165, 1.54) is 18.9 Å². The number of amidine groups is 1. The van der Waals surface area contributed by atoms with Gasteiger partial charge >= 0.3 is 11.9 Å². The highest BCUT2D eigenvalue weighted by molar-refractivity contribution is 8.13. The zero-order chi connectivity index (χ0) is 22.6. The number of nitrogens with two attached hydrogens (primary N) is 2. The number of rotatable bonds is 10. The van der Waals surface area contributed by atoms with Crippen molar-refractivity contribution in [3.05, 3.63) is 11.3 Å². The van der Waals surface area contributed by atoms with Crippen LogP contribution in [-0.2, 0) is 23.9 Å². The van der Waals surface area contributed by atoms with Crippen LogP contribution in [0.15, 0.2) is 11.3 Å². The number of hydrogen-bond acceptors (Lipinski definition) is 9. The second-order valence-electron chi connectivity index (χ2n) is 6.57. The van der Waals surface area contributed by atoms with E-state index in [0.29, 0.717) is 5.57 Å². The number of methoxy groups -OCH3 is 1. The summed E-state index contributed by atoms with van der Waals surface area (Å²) in [6.45, 7) is 0. The molecule has 3 atom stereocenters. The van der Waals surface area contributed by atoms with Gasteiger partial charge in [0, 0.05) is 25.0 Å². The van der Waals surface area contributed by atoms with Crippen LogP contribution in [0.2, 0.25) is 0 Å². The first kappa shape index (κ1) is 24.0. The number of thioether (sulfide) groups is 2. The summed E-state index contributed by atoms with van der Waals surface area (Å²) < 4.78 is 5.32. The Balaban J connectivity index is 2.11. The van der Waals surface area contributed by atoms with Gasteiger partial charge in [-0.15, -0.1) is 11.8 Å². The second-order valence-corrected chi connectivity index (χ2v) is 8.66. The molecule has 0 bridgehead atoms. The van der Waals surface area contributed by atoms with Crippen LogP contribution in [0, 0.1) is 5.41 Å². The highest BCUT2D eigenvalue weighted by Crippen LogP contribution is 2.47.